The number of ether oxygens (including phenoxy) is 1. The van der Waals surface area contributed by atoms with Gasteiger partial charge in [0.05, 0.1) is 8.07 Å². The van der Waals surface area contributed by atoms with E-state index in [1.807, 2.05) is 13.8 Å². The normalized spacial score (nSPS) is 16.8. The van der Waals surface area contributed by atoms with Crippen LogP contribution in [0.15, 0.2) is 41.6 Å². The first-order valence-corrected chi connectivity index (χ1v) is 11.6. The van der Waals surface area contributed by atoms with Gasteiger partial charge in [-0.2, -0.15) is 0 Å². The molecule has 0 aromatic heterocycles. The van der Waals surface area contributed by atoms with E-state index in [0.29, 0.717) is 6.47 Å². The van der Waals surface area contributed by atoms with Crippen LogP contribution in [0.25, 0.3) is 0 Å². The molecule has 0 saturated heterocycles. The first kappa shape index (κ1) is 18.0. The molecule has 0 saturated carbocycles. The van der Waals surface area contributed by atoms with Crippen molar-refractivity contribution in [3.63, 3.8) is 0 Å². The first-order chi connectivity index (χ1) is 10.8. The van der Waals surface area contributed by atoms with E-state index >= 15 is 0 Å². The second-order valence-electron chi connectivity index (χ2n) is 7.73. The van der Waals surface area contributed by atoms with Gasteiger partial charge >= 0.3 is 0 Å². The van der Waals surface area contributed by atoms with Gasteiger partial charge < -0.3 is 4.74 Å². The quantitative estimate of drug-likeness (QED) is 0.565. The Morgan fingerprint density at radius 3 is 2.52 bits per heavy atom. The summed E-state index contributed by atoms with van der Waals surface area (Å²) in [5.74, 6) is 0. The van der Waals surface area contributed by atoms with Crippen molar-refractivity contribution in [1.82, 2.24) is 4.90 Å². The zero-order valence-electron chi connectivity index (χ0n) is 14.8. The maximum Gasteiger partial charge on any atom is 0.293 e. The molecule has 1 aliphatic heterocycles. The average Bonchev–Trinajstić information content (AvgIpc) is 2.47. The van der Waals surface area contributed by atoms with Gasteiger partial charge in [-0.05, 0) is 26.3 Å². The minimum Gasteiger partial charge on any atom is -0.461 e. The molecular weight excluding hydrogens is 302 g/mol. The third-order valence-electron chi connectivity index (χ3n) is 4.62. The molecule has 0 amide bonds. The SMILES string of the molecule is CC(C)(CN1CC=C([Si](C)(C)Cc2ccccc2)CC1)OC=O. The van der Waals surface area contributed by atoms with Crippen LogP contribution in [0.2, 0.25) is 13.1 Å². The summed E-state index contributed by atoms with van der Waals surface area (Å²) >= 11 is 0. The number of nitrogens with zero attached hydrogens (tertiary/aromatic N) is 1. The zero-order valence-corrected chi connectivity index (χ0v) is 15.8. The van der Waals surface area contributed by atoms with Crippen LogP contribution in [-0.2, 0) is 15.6 Å². The topological polar surface area (TPSA) is 29.5 Å². The van der Waals surface area contributed by atoms with Crippen molar-refractivity contribution >= 4 is 14.5 Å². The number of hydrogen-bond donors (Lipinski definition) is 0. The van der Waals surface area contributed by atoms with Gasteiger partial charge in [-0.15, -0.1) is 0 Å². The second-order valence-corrected chi connectivity index (χ2v) is 12.5. The van der Waals surface area contributed by atoms with Crippen molar-refractivity contribution in [2.24, 2.45) is 0 Å². The van der Waals surface area contributed by atoms with E-state index < -0.39 is 13.7 Å². The maximum absolute atomic E-state index is 10.6. The standard InChI is InChI=1S/C19H29NO2Si/c1-19(2,22-16-21)15-20-12-10-18(11-13-20)23(3,4)14-17-8-6-5-7-9-17/h5-10,16H,11-15H2,1-4H3. The van der Waals surface area contributed by atoms with E-state index in [-0.39, 0.29) is 0 Å². The largest absolute Gasteiger partial charge is 0.461 e. The van der Waals surface area contributed by atoms with Crippen molar-refractivity contribution < 1.29 is 9.53 Å². The second kappa shape index (κ2) is 7.45. The zero-order chi connectivity index (χ0) is 16.9. The smallest absolute Gasteiger partial charge is 0.293 e. The van der Waals surface area contributed by atoms with Crippen LogP contribution in [0.3, 0.4) is 0 Å². The highest BCUT2D eigenvalue weighted by Gasteiger charge is 2.30. The highest BCUT2D eigenvalue weighted by molar-refractivity contribution is 6.83. The van der Waals surface area contributed by atoms with Crippen LogP contribution >= 0.6 is 0 Å². The Bertz CT molecular complexity index is 552. The molecule has 1 heterocycles. The third kappa shape index (κ3) is 5.32. The Kier molecular flexibility index (Phi) is 5.82. The first-order valence-electron chi connectivity index (χ1n) is 8.40. The van der Waals surface area contributed by atoms with Crippen LogP contribution in [0, 0.1) is 0 Å². The summed E-state index contributed by atoms with van der Waals surface area (Å²) in [7, 11) is -1.40. The molecule has 3 nitrogen and oxygen atoms in total. The Balaban J connectivity index is 1.96. The number of hydrogen-bond acceptors (Lipinski definition) is 3. The third-order valence-corrected chi connectivity index (χ3v) is 8.11. The molecule has 23 heavy (non-hydrogen) atoms. The van der Waals surface area contributed by atoms with E-state index in [9.17, 15) is 4.79 Å². The van der Waals surface area contributed by atoms with Gasteiger partial charge in [-0.3, -0.25) is 9.69 Å². The summed E-state index contributed by atoms with van der Waals surface area (Å²) in [6, 6.07) is 12.0. The van der Waals surface area contributed by atoms with Crippen LogP contribution in [0.1, 0.15) is 25.8 Å². The van der Waals surface area contributed by atoms with Crippen molar-refractivity contribution in [2.45, 2.75) is 45.0 Å². The fraction of sp³-hybridized carbons (Fsp3) is 0.526. The predicted molar refractivity (Wildman–Crippen MR) is 98.0 cm³/mol. The molecule has 1 aromatic rings. The minimum atomic E-state index is -1.40. The minimum absolute atomic E-state index is 0.413. The predicted octanol–water partition coefficient (Wildman–Crippen LogP) is 3.60. The average molecular weight is 332 g/mol. The number of carbonyl (C=O) groups excluding carboxylic acids is 1. The molecule has 1 aromatic carbocycles. The molecule has 0 N–H and O–H groups in total. The summed E-state index contributed by atoms with van der Waals surface area (Å²) in [5, 5.41) is 1.67. The van der Waals surface area contributed by atoms with Crippen molar-refractivity contribution in [1.29, 1.82) is 0 Å². The van der Waals surface area contributed by atoms with Crippen molar-refractivity contribution in [3.8, 4) is 0 Å². The number of carbonyl (C=O) groups is 1. The lowest BCUT2D eigenvalue weighted by atomic mass is 10.1. The van der Waals surface area contributed by atoms with Gasteiger partial charge in [0.1, 0.15) is 5.60 Å². The Morgan fingerprint density at radius 1 is 1.26 bits per heavy atom. The van der Waals surface area contributed by atoms with Crippen LogP contribution in [-0.4, -0.2) is 44.7 Å². The van der Waals surface area contributed by atoms with Gasteiger partial charge in [0.2, 0.25) is 0 Å². The lowest BCUT2D eigenvalue weighted by Crippen LogP contribution is -2.45. The monoisotopic (exact) mass is 331 g/mol. The summed E-state index contributed by atoms with van der Waals surface area (Å²) < 4.78 is 5.17. The Hall–Kier alpha value is -1.39. The molecule has 0 bridgehead atoms. The van der Waals surface area contributed by atoms with Gasteiger partial charge in [0.25, 0.3) is 6.47 Å². The van der Waals surface area contributed by atoms with Crippen LogP contribution < -0.4 is 0 Å². The molecule has 0 fully saturated rings. The summed E-state index contributed by atoms with van der Waals surface area (Å²) in [6.07, 6.45) is 3.57. The molecule has 2 rings (SSSR count). The summed E-state index contributed by atoms with van der Waals surface area (Å²) in [6.45, 7) is 12.2. The van der Waals surface area contributed by atoms with Gasteiger partial charge in [0.15, 0.2) is 0 Å². The molecule has 0 spiro atoms. The fourth-order valence-electron chi connectivity index (χ4n) is 3.40. The maximum atomic E-state index is 10.6. The lowest BCUT2D eigenvalue weighted by Gasteiger charge is -2.36. The summed E-state index contributed by atoms with van der Waals surface area (Å²) in [5.41, 5.74) is 1.04. The van der Waals surface area contributed by atoms with Gasteiger partial charge in [-0.25, -0.2) is 0 Å². The molecule has 4 heteroatoms. The van der Waals surface area contributed by atoms with Crippen LogP contribution in [0.5, 0.6) is 0 Å². The van der Waals surface area contributed by atoms with Crippen LogP contribution in [0.4, 0.5) is 0 Å². The van der Waals surface area contributed by atoms with E-state index in [0.717, 1.165) is 26.1 Å². The van der Waals surface area contributed by atoms with E-state index in [2.05, 4.69) is 54.4 Å². The Morgan fingerprint density at radius 2 is 1.96 bits per heavy atom. The Labute approximate surface area is 141 Å². The van der Waals surface area contributed by atoms with Crippen molar-refractivity contribution in [3.05, 3.63) is 47.2 Å². The molecular formula is C19H29NO2Si. The van der Waals surface area contributed by atoms with E-state index in [1.165, 1.54) is 11.6 Å². The molecule has 0 atom stereocenters. The highest BCUT2D eigenvalue weighted by Crippen LogP contribution is 2.26. The molecule has 0 unspecified atom stereocenters. The van der Waals surface area contributed by atoms with E-state index in [1.54, 1.807) is 5.20 Å². The molecule has 0 radical (unpaired) electrons. The fourth-order valence-corrected chi connectivity index (χ4v) is 6.31. The highest BCUT2D eigenvalue weighted by atomic mass is 28.3. The molecule has 126 valence electrons. The molecule has 0 aliphatic carbocycles. The van der Waals surface area contributed by atoms with E-state index in [4.69, 9.17) is 4.74 Å². The van der Waals surface area contributed by atoms with Crippen molar-refractivity contribution in [2.75, 3.05) is 19.6 Å². The lowest BCUT2D eigenvalue weighted by molar-refractivity contribution is -0.141. The number of rotatable bonds is 7. The van der Waals surface area contributed by atoms with Gasteiger partial charge in [-0.1, -0.05) is 60.3 Å². The molecule has 1 aliphatic rings. The van der Waals surface area contributed by atoms with Gasteiger partial charge in [0, 0.05) is 19.6 Å². The summed E-state index contributed by atoms with van der Waals surface area (Å²) in [4.78, 5) is 12.9. The number of benzene rings is 1.